The summed E-state index contributed by atoms with van der Waals surface area (Å²) < 4.78 is 14.7. The standard InChI is InChI=1S/C7H4BrFN4/c8-5-1-12-13(4-5)6-2-10-7(9)11-3-6/h1-4H. The normalized spacial score (nSPS) is 10.3. The van der Waals surface area contributed by atoms with Crippen LogP contribution in [0.4, 0.5) is 4.39 Å². The van der Waals surface area contributed by atoms with Gasteiger partial charge in [-0.05, 0) is 15.9 Å². The Morgan fingerprint density at radius 2 is 1.92 bits per heavy atom. The summed E-state index contributed by atoms with van der Waals surface area (Å²) in [6, 6.07) is 0. The van der Waals surface area contributed by atoms with E-state index in [1.165, 1.54) is 12.4 Å². The Morgan fingerprint density at radius 1 is 1.23 bits per heavy atom. The molecule has 0 radical (unpaired) electrons. The first-order valence-electron chi connectivity index (χ1n) is 3.44. The van der Waals surface area contributed by atoms with Crippen LogP contribution < -0.4 is 0 Å². The molecule has 0 aliphatic heterocycles. The van der Waals surface area contributed by atoms with Crippen molar-refractivity contribution >= 4 is 15.9 Å². The van der Waals surface area contributed by atoms with Crippen molar-refractivity contribution < 1.29 is 4.39 Å². The first-order chi connectivity index (χ1) is 6.25. The Labute approximate surface area is 81.6 Å². The van der Waals surface area contributed by atoms with Gasteiger partial charge in [-0.25, -0.2) is 14.6 Å². The third-order valence-electron chi connectivity index (χ3n) is 1.42. The van der Waals surface area contributed by atoms with Gasteiger partial charge in [-0.2, -0.15) is 9.49 Å². The second-order valence-electron chi connectivity index (χ2n) is 2.31. The van der Waals surface area contributed by atoms with Crippen LogP contribution in [-0.4, -0.2) is 19.7 Å². The fourth-order valence-electron chi connectivity index (χ4n) is 0.866. The van der Waals surface area contributed by atoms with Gasteiger partial charge in [-0.15, -0.1) is 0 Å². The summed E-state index contributed by atoms with van der Waals surface area (Å²) in [5, 5.41) is 3.98. The van der Waals surface area contributed by atoms with Gasteiger partial charge in [-0.1, -0.05) is 0 Å². The molecule has 2 aromatic rings. The highest BCUT2D eigenvalue weighted by atomic mass is 79.9. The number of hydrogen-bond acceptors (Lipinski definition) is 3. The molecule has 0 saturated carbocycles. The largest absolute Gasteiger partial charge is 0.308 e. The van der Waals surface area contributed by atoms with E-state index >= 15 is 0 Å². The van der Waals surface area contributed by atoms with E-state index in [2.05, 4.69) is 31.0 Å². The van der Waals surface area contributed by atoms with Crippen LogP contribution in [0.1, 0.15) is 0 Å². The van der Waals surface area contributed by atoms with Gasteiger partial charge in [0.2, 0.25) is 0 Å². The van der Waals surface area contributed by atoms with Crippen molar-refractivity contribution in [2.45, 2.75) is 0 Å². The predicted molar refractivity (Wildman–Crippen MR) is 46.8 cm³/mol. The molecule has 0 aliphatic rings. The first-order valence-corrected chi connectivity index (χ1v) is 4.23. The number of halogens is 2. The molecule has 2 aromatic heterocycles. The molecule has 0 amide bonds. The second-order valence-corrected chi connectivity index (χ2v) is 3.23. The fourth-order valence-corrected chi connectivity index (χ4v) is 1.15. The Balaban J connectivity index is 2.41. The van der Waals surface area contributed by atoms with Gasteiger partial charge < -0.3 is 0 Å². The molecule has 0 fully saturated rings. The van der Waals surface area contributed by atoms with Crippen LogP contribution in [0.3, 0.4) is 0 Å². The molecule has 6 heteroatoms. The van der Waals surface area contributed by atoms with E-state index < -0.39 is 6.08 Å². The van der Waals surface area contributed by atoms with Crippen LogP contribution in [0.15, 0.2) is 29.3 Å². The van der Waals surface area contributed by atoms with Crippen LogP contribution in [0.2, 0.25) is 0 Å². The van der Waals surface area contributed by atoms with Crippen LogP contribution in [0, 0.1) is 6.08 Å². The minimum Gasteiger partial charge on any atom is -0.237 e. The number of hydrogen-bond donors (Lipinski definition) is 0. The fraction of sp³-hybridized carbons (Fsp3) is 0. The van der Waals surface area contributed by atoms with Gasteiger partial charge in [0.05, 0.1) is 23.1 Å². The molecule has 0 atom stereocenters. The van der Waals surface area contributed by atoms with Gasteiger partial charge in [0.25, 0.3) is 0 Å². The Kier molecular flexibility index (Phi) is 2.05. The zero-order chi connectivity index (χ0) is 9.26. The van der Waals surface area contributed by atoms with Gasteiger partial charge in [-0.3, -0.25) is 0 Å². The van der Waals surface area contributed by atoms with E-state index in [1.807, 2.05) is 0 Å². The Morgan fingerprint density at radius 3 is 2.46 bits per heavy atom. The molecular weight excluding hydrogens is 239 g/mol. The number of rotatable bonds is 1. The molecule has 4 nitrogen and oxygen atoms in total. The van der Waals surface area contributed by atoms with Crippen LogP contribution in [-0.2, 0) is 0 Å². The number of aromatic nitrogens is 4. The van der Waals surface area contributed by atoms with Crippen LogP contribution >= 0.6 is 15.9 Å². The highest BCUT2D eigenvalue weighted by molar-refractivity contribution is 9.10. The zero-order valence-electron chi connectivity index (χ0n) is 6.35. The summed E-state index contributed by atoms with van der Waals surface area (Å²) >= 11 is 3.25. The quantitative estimate of drug-likeness (QED) is 0.714. The average Bonchev–Trinajstić information content (AvgIpc) is 2.53. The van der Waals surface area contributed by atoms with Crippen molar-refractivity contribution in [2.24, 2.45) is 0 Å². The van der Waals surface area contributed by atoms with E-state index in [4.69, 9.17) is 0 Å². The van der Waals surface area contributed by atoms with Crippen molar-refractivity contribution in [3.05, 3.63) is 35.3 Å². The van der Waals surface area contributed by atoms with Gasteiger partial charge in [0, 0.05) is 6.20 Å². The predicted octanol–water partition coefficient (Wildman–Crippen LogP) is 1.56. The summed E-state index contributed by atoms with van der Waals surface area (Å²) in [4.78, 5) is 6.82. The molecule has 0 spiro atoms. The van der Waals surface area contributed by atoms with E-state index in [9.17, 15) is 4.39 Å². The maximum Gasteiger partial charge on any atom is 0.308 e. The lowest BCUT2D eigenvalue weighted by Crippen LogP contribution is -1.97. The maximum absolute atomic E-state index is 12.3. The van der Waals surface area contributed by atoms with Gasteiger partial charge in [0.1, 0.15) is 5.69 Å². The van der Waals surface area contributed by atoms with E-state index in [0.717, 1.165) is 4.47 Å². The summed E-state index contributed by atoms with van der Waals surface area (Å²) in [6.45, 7) is 0. The highest BCUT2D eigenvalue weighted by Gasteiger charge is 1.99. The third kappa shape index (κ3) is 1.72. The van der Waals surface area contributed by atoms with E-state index in [-0.39, 0.29) is 0 Å². The average molecular weight is 243 g/mol. The minimum atomic E-state index is -0.741. The van der Waals surface area contributed by atoms with Crippen molar-refractivity contribution in [3.8, 4) is 5.69 Å². The lowest BCUT2D eigenvalue weighted by molar-refractivity contribution is 0.537. The molecule has 0 unspecified atom stereocenters. The maximum atomic E-state index is 12.3. The minimum absolute atomic E-state index is 0.618. The molecule has 0 bridgehead atoms. The lowest BCUT2D eigenvalue weighted by Gasteiger charge is -1.97. The summed E-state index contributed by atoms with van der Waals surface area (Å²) in [6.07, 6.45) is 5.35. The van der Waals surface area contributed by atoms with Crippen molar-refractivity contribution in [1.82, 2.24) is 19.7 Å². The molecule has 0 aromatic carbocycles. The molecule has 0 saturated heterocycles. The molecule has 13 heavy (non-hydrogen) atoms. The Hall–Kier alpha value is -1.30. The summed E-state index contributed by atoms with van der Waals surface area (Å²) in [5.41, 5.74) is 0.618. The van der Waals surface area contributed by atoms with Crippen LogP contribution in [0.25, 0.3) is 5.69 Å². The van der Waals surface area contributed by atoms with Gasteiger partial charge >= 0.3 is 6.08 Å². The van der Waals surface area contributed by atoms with E-state index in [0.29, 0.717) is 5.69 Å². The monoisotopic (exact) mass is 242 g/mol. The SMILES string of the molecule is Fc1ncc(-n2cc(Br)cn2)cn1. The van der Waals surface area contributed by atoms with Crippen molar-refractivity contribution in [2.75, 3.05) is 0 Å². The zero-order valence-corrected chi connectivity index (χ0v) is 7.94. The summed E-state index contributed by atoms with van der Waals surface area (Å²) in [5.74, 6) is 0. The number of nitrogens with zero attached hydrogens (tertiary/aromatic N) is 4. The van der Waals surface area contributed by atoms with Crippen LogP contribution in [0.5, 0.6) is 0 Å². The van der Waals surface area contributed by atoms with E-state index in [1.54, 1.807) is 17.1 Å². The highest BCUT2D eigenvalue weighted by Crippen LogP contribution is 2.10. The first kappa shape index (κ1) is 8.31. The molecule has 2 rings (SSSR count). The molecule has 66 valence electrons. The second kappa shape index (κ2) is 3.21. The molecular formula is C7H4BrFN4. The summed E-state index contributed by atoms with van der Waals surface area (Å²) in [7, 11) is 0. The van der Waals surface area contributed by atoms with Gasteiger partial charge in [0.15, 0.2) is 0 Å². The Bertz CT molecular complexity index is 411. The third-order valence-corrected chi connectivity index (χ3v) is 1.83. The molecule has 0 aliphatic carbocycles. The smallest absolute Gasteiger partial charge is 0.237 e. The topological polar surface area (TPSA) is 43.6 Å². The molecule has 2 heterocycles. The lowest BCUT2D eigenvalue weighted by atomic mass is 10.5. The van der Waals surface area contributed by atoms with Crippen molar-refractivity contribution in [1.29, 1.82) is 0 Å². The van der Waals surface area contributed by atoms with Crippen molar-refractivity contribution in [3.63, 3.8) is 0 Å². The molecule has 0 N–H and O–H groups in total.